The summed E-state index contributed by atoms with van der Waals surface area (Å²) in [6.45, 7) is 2.72. The molecule has 2 aliphatic heterocycles. The molecule has 1 amide bonds. The number of hydrogen-bond donors (Lipinski definition) is 1. The van der Waals surface area contributed by atoms with Crippen LogP contribution in [-0.2, 0) is 16.1 Å². The molecule has 102 valence electrons. The van der Waals surface area contributed by atoms with E-state index in [9.17, 15) is 4.79 Å². The normalized spacial score (nSPS) is 30.3. The fourth-order valence-electron chi connectivity index (χ4n) is 3.17. The Morgan fingerprint density at radius 1 is 1.37 bits per heavy atom. The number of hydrogen-bond acceptors (Lipinski definition) is 3. The molecule has 2 saturated heterocycles. The van der Waals surface area contributed by atoms with Crippen LogP contribution < -0.4 is 5.32 Å². The highest BCUT2D eigenvalue weighted by Crippen LogP contribution is 2.32. The zero-order chi connectivity index (χ0) is 13.2. The van der Waals surface area contributed by atoms with Crippen LogP contribution in [0.25, 0.3) is 0 Å². The number of fused-ring (bicyclic) bond motifs is 2. The Bertz CT molecular complexity index is 449. The molecule has 1 aromatic rings. The molecule has 0 spiro atoms. The van der Waals surface area contributed by atoms with Crippen molar-refractivity contribution >= 4 is 5.91 Å². The third-order valence-electron chi connectivity index (χ3n) is 4.07. The molecule has 2 aliphatic rings. The number of carbonyl (C=O) groups excluding carboxylic acids is 1. The third-order valence-corrected chi connectivity index (χ3v) is 4.07. The van der Waals surface area contributed by atoms with Gasteiger partial charge in [-0.15, -0.1) is 0 Å². The van der Waals surface area contributed by atoms with E-state index in [0.717, 1.165) is 26.1 Å². The van der Waals surface area contributed by atoms with E-state index in [-0.39, 0.29) is 24.0 Å². The number of carbonyl (C=O) groups is 1. The molecule has 4 nitrogen and oxygen atoms in total. The Kier molecular flexibility index (Phi) is 3.53. The fraction of sp³-hybridized carbons (Fsp3) is 0.533. The Hall–Kier alpha value is -1.39. The first-order valence-electron chi connectivity index (χ1n) is 6.89. The van der Waals surface area contributed by atoms with Gasteiger partial charge in [0.2, 0.25) is 5.91 Å². The first-order chi connectivity index (χ1) is 9.26. The lowest BCUT2D eigenvalue weighted by molar-refractivity contribution is -0.127. The van der Waals surface area contributed by atoms with E-state index in [2.05, 4.69) is 34.5 Å². The van der Waals surface area contributed by atoms with Crippen molar-refractivity contribution in [1.82, 2.24) is 10.2 Å². The van der Waals surface area contributed by atoms with E-state index in [1.807, 2.05) is 6.07 Å². The highest BCUT2D eigenvalue weighted by Gasteiger charge is 2.44. The van der Waals surface area contributed by atoms with Crippen LogP contribution in [0.4, 0.5) is 0 Å². The standard InChI is InChI=1S/C15H20N2O2/c1-16-15(18)13-7-12-9-17(10-14(13)19-12)8-11-5-3-2-4-6-11/h2-6,12-14H,7-10H2,1H3,(H,16,18)/t12-,13+,14-/m1/s1. The first-order valence-corrected chi connectivity index (χ1v) is 6.89. The summed E-state index contributed by atoms with van der Waals surface area (Å²) in [7, 11) is 1.70. The van der Waals surface area contributed by atoms with Gasteiger partial charge in [-0.25, -0.2) is 0 Å². The molecular formula is C15H20N2O2. The van der Waals surface area contributed by atoms with Crippen LogP contribution in [0.2, 0.25) is 0 Å². The largest absolute Gasteiger partial charge is 0.371 e. The maximum Gasteiger partial charge on any atom is 0.225 e. The predicted molar refractivity (Wildman–Crippen MR) is 72.6 cm³/mol. The van der Waals surface area contributed by atoms with Crippen LogP contribution in [0, 0.1) is 5.92 Å². The van der Waals surface area contributed by atoms with Crippen LogP contribution in [-0.4, -0.2) is 43.2 Å². The molecule has 4 heteroatoms. The topological polar surface area (TPSA) is 41.6 Å². The summed E-state index contributed by atoms with van der Waals surface area (Å²) in [6.07, 6.45) is 1.13. The molecule has 0 aliphatic carbocycles. The highest BCUT2D eigenvalue weighted by molar-refractivity contribution is 5.79. The van der Waals surface area contributed by atoms with E-state index in [4.69, 9.17) is 4.74 Å². The van der Waals surface area contributed by atoms with E-state index in [1.165, 1.54) is 5.56 Å². The van der Waals surface area contributed by atoms with E-state index >= 15 is 0 Å². The predicted octanol–water partition coefficient (Wildman–Crippen LogP) is 1.02. The lowest BCUT2D eigenvalue weighted by Crippen LogP contribution is -2.44. The number of morpholine rings is 1. The van der Waals surface area contributed by atoms with Gasteiger partial charge in [-0.3, -0.25) is 9.69 Å². The van der Waals surface area contributed by atoms with Crippen LogP contribution in [0.1, 0.15) is 12.0 Å². The van der Waals surface area contributed by atoms with Crippen molar-refractivity contribution in [2.45, 2.75) is 25.2 Å². The van der Waals surface area contributed by atoms with Gasteiger partial charge in [-0.2, -0.15) is 0 Å². The summed E-state index contributed by atoms with van der Waals surface area (Å²) >= 11 is 0. The zero-order valence-corrected chi connectivity index (χ0v) is 11.2. The second-order valence-electron chi connectivity index (χ2n) is 5.43. The van der Waals surface area contributed by atoms with Gasteiger partial charge in [-0.05, 0) is 12.0 Å². The van der Waals surface area contributed by atoms with E-state index in [1.54, 1.807) is 7.05 Å². The zero-order valence-electron chi connectivity index (χ0n) is 11.2. The smallest absolute Gasteiger partial charge is 0.225 e. The lowest BCUT2D eigenvalue weighted by atomic mass is 10.00. The maximum absolute atomic E-state index is 11.8. The number of rotatable bonds is 3. The Morgan fingerprint density at radius 3 is 2.89 bits per heavy atom. The summed E-state index contributed by atoms with van der Waals surface area (Å²) in [5.74, 6) is 0.143. The van der Waals surface area contributed by atoms with Crippen molar-refractivity contribution in [1.29, 1.82) is 0 Å². The van der Waals surface area contributed by atoms with Crippen LogP contribution >= 0.6 is 0 Å². The molecule has 0 aromatic heterocycles. The number of ether oxygens (including phenoxy) is 1. The SMILES string of the molecule is CNC(=O)[C@H]1C[C@@H]2CN(Cc3ccccc3)C[C@H]1O2. The van der Waals surface area contributed by atoms with Crippen molar-refractivity contribution in [2.75, 3.05) is 20.1 Å². The summed E-state index contributed by atoms with van der Waals surface area (Å²) < 4.78 is 5.90. The molecule has 19 heavy (non-hydrogen) atoms. The molecular weight excluding hydrogens is 240 g/mol. The summed E-state index contributed by atoms with van der Waals surface area (Å²) in [5.41, 5.74) is 1.32. The van der Waals surface area contributed by atoms with Crippen molar-refractivity contribution in [3.63, 3.8) is 0 Å². The number of amides is 1. The molecule has 3 rings (SSSR count). The van der Waals surface area contributed by atoms with Crippen molar-refractivity contribution in [3.05, 3.63) is 35.9 Å². The average molecular weight is 260 g/mol. The van der Waals surface area contributed by atoms with Gasteiger partial charge in [0.15, 0.2) is 0 Å². The first kappa shape index (κ1) is 12.6. The summed E-state index contributed by atoms with van der Waals surface area (Å²) in [4.78, 5) is 14.2. The van der Waals surface area contributed by atoms with E-state index < -0.39 is 0 Å². The fourth-order valence-corrected chi connectivity index (χ4v) is 3.17. The molecule has 2 heterocycles. The monoisotopic (exact) mass is 260 g/mol. The van der Waals surface area contributed by atoms with Crippen LogP contribution in [0.15, 0.2) is 30.3 Å². The van der Waals surface area contributed by atoms with Crippen molar-refractivity contribution < 1.29 is 9.53 Å². The molecule has 1 N–H and O–H groups in total. The van der Waals surface area contributed by atoms with Gasteiger partial charge in [0.05, 0.1) is 18.1 Å². The maximum atomic E-state index is 11.8. The molecule has 2 bridgehead atoms. The minimum Gasteiger partial charge on any atom is -0.371 e. The lowest BCUT2D eigenvalue weighted by Gasteiger charge is -2.32. The second-order valence-corrected chi connectivity index (χ2v) is 5.43. The highest BCUT2D eigenvalue weighted by atomic mass is 16.5. The van der Waals surface area contributed by atoms with Gasteiger partial charge < -0.3 is 10.1 Å². The van der Waals surface area contributed by atoms with Gasteiger partial charge in [0.1, 0.15) is 0 Å². The number of likely N-dealkylation sites (tertiary alicyclic amines) is 1. The van der Waals surface area contributed by atoms with Gasteiger partial charge in [0.25, 0.3) is 0 Å². The minimum atomic E-state index is 0.0239. The molecule has 2 fully saturated rings. The van der Waals surface area contributed by atoms with Crippen LogP contribution in [0.5, 0.6) is 0 Å². The Balaban J connectivity index is 1.64. The van der Waals surface area contributed by atoms with Crippen LogP contribution in [0.3, 0.4) is 0 Å². The molecule has 3 atom stereocenters. The quantitative estimate of drug-likeness (QED) is 0.882. The number of nitrogens with one attached hydrogen (secondary N) is 1. The Morgan fingerprint density at radius 2 is 2.16 bits per heavy atom. The van der Waals surface area contributed by atoms with E-state index in [0.29, 0.717) is 0 Å². The van der Waals surface area contributed by atoms with Gasteiger partial charge in [-0.1, -0.05) is 30.3 Å². The molecule has 0 unspecified atom stereocenters. The molecule has 0 radical (unpaired) electrons. The van der Waals surface area contributed by atoms with Crippen molar-refractivity contribution in [3.8, 4) is 0 Å². The second kappa shape index (κ2) is 5.31. The third kappa shape index (κ3) is 2.65. The van der Waals surface area contributed by atoms with Gasteiger partial charge in [0, 0.05) is 26.7 Å². The number of nitrogens with zero attached hydrogens (tertiary/aromatic N) is 1. The molecule has 1 aromatic carbocycles. The summed E-state index contributed by atoms with van der Waals surface area (Å²) in [5, 5.41) is 2.75. The van der Waals surface area contributed by atoms with Crippen molar-refractivity contribution in [2.24, 2.45) is 5.92 Å². The van der Waals surface area contributed by atoms with Gasteiger partial charge >= 0.3 is 0 Å². The molecule has 0 saturated carbocycles. The summed E-state index contributed by atoms with van der Waals surface area (Å²) in [6, 6.07) is 10.5. The minimum absolute atomic E-state index is 0.0239. The number of benzene rings is 1. The Labute approximate surface area is 113 Å². The average Bonchev–Trinajstić information content (AvgIpc) is 2.74.